The monoisotopic (exact) mass is 283 g/mol. The van der Waals surface area contributed by atoms with E-state index in [9.17, 15) is 4.39 Å². The summed E-state index contributed by atoms with van der Waals surface area (Å²) in [5, 5.41) is 9.05. The molecule has 108 valence electrons. The van der Waals surface area contributed by atoms with Gasteiger partial charge in [0.2, 0.25) is 0 Å². The lowest BCUT2D eigenvalue weighted by Crippen LogP contribution is -2.01. The molecule has 0 bridgehead atoms. The number of ether oxygens (including phenoxy) is 1. The van der Waals surface area contributed by atoms with E-state index >= 15 is 0 Å². The van der Waals surface area contributed by atoms with Crippen LogP contribution in [0.4, 0.5) is 4.39 Å². The van der Waals surface area contributed by atoms with E-state index in [2.05, 4.69) is 26.0 Å². The quantitative estimate of drug-likeness (QED) is 0.814. The van der Waals surface area contributed by atoms with Crippen LogP contribution in [0.5, 0.6) is 5.75 Å². The Hall–Kier alpha value is -2.34. The summed E-state index contributed by atoms with van der Waals surface area (Å²) in [7, 11) is 0. The maximum atomic E-state index is 13.3. The van der Waals surface area contributed by atoms with Gasteiger partial charge in [-0.25, -0.2) is 4.39 Å². The van der Waals surface area contributed by atoms with Gasteiger partial charge in [-0.15, -0.1) is 0 Å². The van der Waals surface area contributed by atoms with E-state index in [4.69, 9.17) is 10.00 Å². The van der Waals surface area contributed by atoms with Gasteiger partial charge in [-0.2, -0.15) is 5.26 Å². The van der Waals surface area contributed by atoms with Crippen molar-refractivity contribution in [2.24, 2.45) is 0 Å². The van der Waals surface area contributed by atoms with Gasteiger partial charge in [0.25, 0.3) is 0 Å². The minimum Gasteiger partial charge on any atom is -0.489 e. The first-order valence-electron chi connectivity index (χ1n) is 6.93. The first kappa shape index (κ1) is 15.1. The van der Waals surface area contributed by atoms with Gasteiger partial charge in [-0.3, -0.25) is 0 Å². The molecule has 0 unspecified atom stereocenters. The van der Waals surface area contributed by atoms with Crippen LogP contribution in [0.3, 0.4) is 0 Å². The Morgan fingerprint density at radius 3 is 2.62 bits per heavy atom. The van der Waals surface area contributed by atoms with E-state index in [0.717, 1.165) is 11.3 Å². The van der Waals surface area contributed by atoms with E-state index in [1.54, 1.807) is 0 Å². The molecule has 0 saturated carbocycles. The third-order valence-electron chi connectivity index (χ3n) is 3.45. The number of hydrogen-bond acceptors (Lipinski definition) is 2. The molecule has 0 saturated heterocycles. The predicted octanol–water partition coefficient (Wildman–Crippen LogP) is 4.71. The molecule has 3 heteroatoms. The summed E-state index contributed by atoms with van der Waals surface area (Å²) < 4.78 is 19.1. The fraction of sp³-hybridized carbons (Fsp3) is 0.278. The van der Waals surface area contributed by atoms with Gasteiger partial charge >= 0.3 is 0 Å². The fourth-order valence-corrected chi connectivity index (χ4v) is 2.08. The Bertz CT molecular complexity index is 686. The van der Waals surface area contributed by atoms with Gasteiger partial charge in [0.15, 0.2) is 0 Å². The minimum atomic E-state index is -0.361. The average molecular weight is 283 g/mol. The molecule has 0 aliphatic carbocycles. The molecular formula is C18H18FNO. The first-order chi connectivity index (χ1) is 10.0. The molecule has 2 rings (SSSR count). The van der Waals surface area contributed by atoms with Crippen LogP contribution in [0.1, 0.15) is 42.0 Å². The number of nitriles is 1. The van der Waals surface area contributed by atoms with Crippen molar-refractivity contribution in [2.45, 2.75) is 33.3 Å². The Kier molecular flexibility index (Phi) is 4.59. The molecule has 2 nitrogen and oxygen atoms in total. The normalized spacial score (nSPS) is 10.5. The van der Waals surface area contributed by atoms with Gasteiger partial charge in [0.1, 0.15) is 18.2 Å². The molecule has 0 N–H and O–H groups in total. The van der Waals surface area contributed by atoms with E-state index in [-0.39, 0.29) is 12.4 Å². The van der Waals surface area contributed by atoms with E-state index in [1.807, 2.05) is 19.1 Å². The van der Waals surface area contributed by atoms with Crippen molar-refractivity contribution in [3.05, 3.63) is 64.5 Å². The number of halogens is 1. The van der Waals surface area contributed by atoms with Crippen LogP contribution in [0.15, 0.2) is 36.4 Å². The second-order valence-electron chi connectivity index (χ2n) is 5.38. The first-order valence-corrected chi connectivity index (χ1v) is 6.93. The molecule has 0 spiro atoms. The maximum Gasteiger partial charge on any atom is 0.123 e. The SMILES string of the molecule is Cc1ccc(C(C)C)cc1OCc1cc(F)ccc1C#N. The van der Waals surface area contributed by atoms with Crippen LogP contribution < -0.4 is 4.74 Å². The summed E-state index contributed by atoms with van der Waals surface area (Å²) in [6.45, 7) is 6.39. The molecule has 0 heterocycles. The number of rotatable bonds is 4. The molecular weight excluding hydrogens is 265 g/mol. The molecule has 0 amide bonds. The highest BCUT2D eigenvalue weighted by atomic mass is 19.1. The van der Waals surface area contributed by atoms with Crippen LogP contribution in [-0.4, -0.2) is 0 Å². The Balaban J connectivity index is 2.22. The lowest BCUT2D eigenvalue weighted by Gasteiger charge is -2.13. The third-order valence-corrected chi connectivity index (χ3v) is 3.45. The highest BCUT2D eigenvalue weighted by Crippen LogP contribution is 2.25. The Morgan fingerprint density at radius 2 is 1.95 bits per heavy atom. The fourth-order valence-electron chi connectivity index (χ4n) is 2.08. The number of benzene rings is 2. The molecule has 0 radical (unpaired) electrons. The van der Waals surface area contributed by atoms with E-state index in [0.29, 0.717) is 17.0 Å². The second kappa shape index (κ2) is 6.41. The van der Waals surface area contributed by atoms with Gasteiger partial charge in [-0.1, -0.05) is 26.0 Å². The van der Waals surface area contributed by atoms with Crippen LogP contribution in [-0.2, 0) is 6.61 Å². The van der Waals surface area contributed by atoms with Crippen molar-refractivity contribution in [3.8, 4) is 11.8 Å². The summed E-state index contributed by atoms with van der Waals surface area (Å²) in [5.74, 6) is 0.825. The summed E-state index contributed by atoms with van der Waals surface area (Å²) in [4.78, 5) is 0. The lowest BCUT2D eigenvalue weighted by molar-refractivity contribution is 0.302. The largest absolute Gasteiger partial charge is 0.489 e. The number of aryl methyl sites for hydroxylation is 1. The van der Waals surface area contributed by atoms with E-state index < -0.39 is 0 Å². The van der Waals surface area contributed by atoms with Crippen molar-refractivity contribution in [3.63, 3.8) is 0 Å². The molecule has 21 heavy (non-hydrogen) atoms. The molecule has 2 aromatic rings. The second-order valence-corrected chi connectivity index (χ2v) is 5.38. The summed E-state index contributed by atoms with van der Waals surface area (Å²) in [6, 6.07) is 12.3. The molecule has 0 fully saturated rings. The van der Waals surface area contributed by atoms with Crippen LogP contribution in [0.2, 0.25) is 0 Å². The highest BCUT2D eigenvalue weighted by Gasteiger charge is 2.08. The molecule has 0 aliphatic rings. The van der Waals surface area contributed by atoms with Gasteiger partial charge in [0, 0.05) is 5.56 Å². The van der Waals surface area contributed by atoms with Crippen molar-refractivity contribution in [2.75, 3.05) is 0 Å². The molecule has 0 atom stereocenters. The van der Waals surface area contributed by atoms with Crippen molar-refractivity contribution >= 4 is 0 Å². The van der Waals surface area contributed by atoms with Gasteiger partial charge in [0.05, 0.1) is 11.6 Å². The molecule has 0 aliphatic heterocycles. The standard InChI is InChI=1S/C18H18FNO/c1-12(2)14-5-4-13(3)18(9-14)21-11-16-8-17(19)7-6-15(16)10-20/h4-9,12H,11H2,1-3H3. The van der Waals surface area contributed by atoms with Gasteiger partial charge in [-0.05, 0) is 48.2 Å². The van der Waals surface area contributed by atoms with E-state index in [1.165, 1.54) is 23.8 Å². The third kappa shape index (κ3) is 3.61. The minimum absolute atomic E-state index is 0.184. The summed E-state index contributed by atoms with van der Waals surface area (Å²) in [6.07, 6.45) is 0. The van der Waals surface area contributed by atoms with Crippen LogP contribution in [0.25, 0.3) is 0 Å². The molecule has 2 aromatic carbocycles. The predicted molar refractivity (Wildman–Crippen MR) is 80.7 cm³/mol. The number of hydrogen-bond donors (Lipinski definition) is 0. The summed E-state index contributed by atoms with van der Waals surface area (Å²) in [5.41, 5.74) is 3.21. The zero-order valence-corrected chi connectivity index (χ0v) is 12.5. The maximum absolute atomic E-state index is 13.3. The topological polar surface area (TPSA) is 33.0 Å². The van der Waals surface area contributed by atoms with Gasteiger partial charge < -0.3 is 4.74 Å². The smallest absolute Gasteiger partial charge is 0.123 e. The van der Waals surface area contributed by atoms with Crippen LogP contribution >= 0.6 is 0 Å². The highest BCUT2D eigenvalue weighted by molar-refractivity contribution is 5.40. The zero-order valence-electron chi connectivity index (χ0n) is 12.5. The average Bonchev–Trinajstić information content (AvgIpc) is 2.46. The van der Waals surface area contributed by atoms with Crippen molar-refractivity contribution in [1.82, 2.24) is 0 Å². The zero-order chi connectivity index (χ0) is 15.4. The number of nitrogens with zero attached hydrogens (tertiary/aromatic N) is 1. The Labute approximate surface area is 124 Å². The molecule has 0 aromatic heterocycles. The Morgan fingerprint density at radius 1 is 1.19 bits per heavy atom. The lowest BCUT2D eigenvalue weighted by atomic mass is 10.0. The van der Waals surface area contributed by atoms with Crippen molar-refractivity contribution < 1.29 is 9.13 Å². The van der Waals surface area contributed by atoms with Crippen LogP contribution in [0, 0.1) is 24.1 Å². The summed E-state index contributed by atoms with van der Waals surface area (Å²) >= 11 is 0. The van der Waals surface area contributed by atoms with Crippen molar-refractivity contribution in [1.29, 1.82) is 5.26 Å².